The second kappa shape index (κ2) is 9.87. The van der Waals surface area contributed by atoms with Gasteiger partial charge in [0.15, 0.2) is 0 Å². The average molecular weight is 362 g/mol. The van der Waals surface area contributed by atoms with Gasteiger partial charge in [-0.3, -0.25) is 9.59 Å². The van der Waals surface area contributed by atoms with E-state index in [0.29, 0.717) is 18.0 Å². The number of methoxy groups -OCH3 is 1. The van der Waals surface area contributed by atoms with Gasteiger partial charge in [-0.25, -0.2) is 0 Å². The van der Waals surface area contributed by atoms with Gasteiger partial charge in [-0.1, -0.05) is 6.07 Å². The summed E-state index contributed by atoms with van der Waals surface area (Å²) in [6.45, 7) is 3.09. The van der Waals surface area contributed by atoms with Crippen LogP contribution in [-0.2, 0) is 9.53 Å². The van der Waals surface area contributed by atoms with Gasteiger partial charge in [0.1, 0.15) is 0 Å². The molecule has 1 aromatic rings. The lowest BCUT2D eigenvalue weighted by Gasteiger charge is -2.37. The van der Waals surface area contributed by atoms with Crippen molar-refractivity contribution in [1.29, 1.82) is 0 Å². The van der Waals surface area contributed by atoms with E-state index < -0.39 is 0 Å². The van der Waals surface area contributed by atoms with Crippen molar-refractivity contribution in [3.05, 3.63) is 22.4 Å². The third-order valence-electron chi connectivity index (χ3n) is 3.93. The molecule has 1 aliphatic heterocycles. The van der Waals surface area contributed by atoms with Gasteiger partial charge < -0.3 is 20.7 Å². The van der Waals surface area contributed by atoms with Gasteiger partial charge in [0.2, 0.25) is 5.91 Å². The fourth-order valence-electron chi connectivity index (χ4n) is 2.64. The molecule has 0 bridgehead atoms. The molecule has 8 heteroatoms. The largest absolute Gasteiger partial charge is 0.384 e. The number of rotatable bonds is 7. The van der Waals surface area contributed by atoms with Crippen LogP contribution in [0.5, 0.6) is 0 Å². The standard InChI is InChI=1S/C15H23N3O3S.ClH/c1-21-11-15(4-6-16-7-5-15)10-18-13(19)9-17-14(20)12-3-2-8-22-12;/h2-3,8,16H,4-7,9-11H2,1H3,(H,17,20)(H,18,19);1H. The molecule has 6 nitrogen and oxygen atoms in total. The van der Waals surface area contributed by atoms with Crippen molar-refractivity contribution in [2.24, 2.45) is 5.41 Å². The van der Waals surface area contributed by atoms with Gasteiger partial charge in [0.25, 0.3) is 5.91 Å². The third-order valence-corrected chi connectivity index (χ3v) is 4.80. The quantitative estimate of drug-likeness (QED) is 0.677. The topological polar surface area (TPSA) is 79.5 Å². The molecule has 1 fully saturated rings. The van der Waals surface area contributed by atoms with Crippen molar-refractivity contribution in [1.82, 2.24) is 16.0 Å². The molecule has 0 spiro atoms. The van der Waals surface area contributed by atoms with E-state index >= 15 is 0 Å². The monoisotopic (exact) mass is 361 g/mol. The summed E-state index contributed by atoms with van der Waals surface area (Å²) in [5, 5.41) is 10.7. The van der Waals surface area contributed by atoms with Crippen molar-refractivity contribution < 1.29 is 14.3 Å². The molecule has 2 heterocycles. The van der Waals surface area contributed by atoms with Gasteiger partial charge in [-0.2, -0.15) is 0 Å². The van der Waals surface area contributed by atoms with Crippen molar-refractivity contribution in [2.75, 3.05) is 39.9 Å². The average Bonchev–Trinajstić information content (AvgIpc) is 3.06. The first kappa shape index (κ1) is 19.9. The van der Waals surface area contributed by atoms with E-state index in [4.69, 9.17) is 4.74 Å². The number of carbonyl (C=O) groups excluding carboxylic acids is 2. The molecule has 2 rings (SSSR count). The van der Waals surface area contributed by atoms with Gasteiger partial charge in [-0.05, 0) is 37.4 Å². The molecule has 1 saturated heterocycles. The van der Waals surface area contributed by atoms with Crippen molar-refractivity contribution in [2.45, 2.75) is 12.8 Å². The van der Waals surface area contributed by atoms with Crippen LogP contribution < -0.4 is 16.0 Å². The fraction of sp³-hybridized carbons (Fsp3) is 0.600. The molecular weight excluding hydrogens is 338 g/mol. The normalized spacial score (nSPS) is 16.2. The van der Waals surface area contributed by atoms with E-state index in [2.05, 4.69) is 16.0 Å². The fourth-order valence-corrected chi connectivity index (χ4v) is 3.28. The van der Waals surface area contributed by atoms with E-state index in [0.717, 1.165) is 25.9 Å². The van der Waals surface area contributed by atoms with Crippen LogP contribution in [0, 0.1) is 5.41 Å². The lowest BCUT2D eigenvalue weighted by Crippen LogP contribution is -2.48. The Morgan fingerprint density at radius 3 is 2.70 bits per heavy atom. The lowest BCUT2D eigenvalue weighted by atomic mass is 9.79. The van der Waals surface area contributed by atoms with Crippen LogP contribution in [0.2, 0.25) is 0 Å². The van der Waals surface area contributed by atoms with E-state index in [1.807, 2.05) is 11.4 Å². The predicted molar refractivity (Wildman–Crippen MR) is 93.3 cm³/mol. The molecule has 0 atom stereocenters. The summed E-state index contributed by atoms with van der Waals surface area (Å²) >= 11 is 1.36. The van der Waals surface area contributed by atoms with Crippen LogP contribution in [0.4, 0.5) is 0 Å². The first-order valence-electron chi connectivity index (χ1n) is 7.43. The number of hydrogen-bond donors (Lipinski definition) is 3. The zero-order valence-electron chi connectivity index (χ0n) is 13.2. The zero-order chi connectivity index (χ0) is 15.8. The summed E-state index contributed by atoms with van der Waals surface area (Å²) in [7, 11) is 1.69. The Balaban J connectivity index is 0.00000264. The number of nitrogens with one attached hydrogen (secondary N) is 3. The number of hydrogen-bond acceptors (Lipinski definition) is 5. The Morgan fingerprint density at radius 1 is 1.35 bits per heavy atom. The molecule has 3 N–H and O–H groups in total. The summed E-state index contributed by atoms with van der Waals surface area (Å²) in [6.07, 6.45) is 1.95. The molecule has 0 saturated carbocycles. The molecule has 130 valence electrons. The number of halogens is 1. The van der Waals surface area contributed by atoms with Crippen LogP contribution in [0.15, 0.2) is 17.5 Å². The van der Waals surface area contributed by atoms with Gasteiger partial charge in [0, 0.05) is 19.1 Å². The Morgan fingerprint density at radius 2 is 2.09 bits per heavy atom. The number of piperidine rings is 1. The second-order valence-corrected chi connectivity index (χ2v) is 6.57. The van der Waals surface area contributed by atoms with Gasteiger partial charge in [-0.15, -0.1) is 23.7 Å². The minimum Gasteiger partial charge on any atom is -0.384 e. The highest BCUT2D eigenvalue weighted by atomic mass is 35.5. The molecule has 2 amide bonds. The highest BCUT2D eigenvalue weighted by Gasteiger charge is 2.32. The summed E-state index contributed by atoms with van der Waals surface area (Å²) in [5.41, 5.74) is -0.00653. The summed E-state index contributed by atoms with van der Waals surface area (Å²) < 4.78 is 5.32. The Kier molecular flexibility index (Phi) is 8.54. The maximum Gasteiger partial charge on any atom is 0.261 e. The predicted octanol–water partition coefficient (Wildman–Crippen LogP) is 1.03. The van der Waals surface area contributed by atoms with Gasteiger partial charge in [0.05, 0.1) is 18.0 Å². The maximum absolute atomic E-state index is 11.9. The van der Waals surface area contributed by atoms with Crippen LogP contribution in [-0.4, -0.2) is 51.7 Å². The number of thiophene rings is 1. The Bertz CT molecular complexity index is 485. The summed E-state index contributed by atoms with van der Waals surface area (Å²) in [6, 6.07) is 3.55. The number of amides is 2. The molecule has 0 unspecified atom stereocenters. The van der Waals surface area contributed by atoms with Crippen molar-refractivity contribution in [3.8, 4) is 0 Å². The van der Waals surface area contributed by atoms with Crippen molar-refractivity contribution in [3.63, 3.8) is 0 Å². The highest BCUT2D eigenvalue weighted by molar-refractivity contribution is 7.12. The number of carbonyl (C=O) groups is 2. The molecule has 23 heavy (non-hydrogen) atoms. The molecular formula is C15H24ClN3O3S. The van der Waals surface area contributed by atoms with Crippen LogP contribution >= 0.6 is 23.7 Å². The van der Waals surface area contributed by atoms with E-state index in [-0.39, 0.29) is 36.2 Å². The Labute approximate surface area is 146 Å². The minimum atomic E-state index is -0.210. The van der Waals surface area contributed by atoms with E-state index in [9.17, 15) is 9.59 Å². The molecule has 0 aliphatic carbocycles. The second-order valence-electron chi connectivity index (χ2n) is 5.62. The molecule has 0 aromatic carbocycles. The van der Waals surface area contributed by atoms with Gasteiger partial charge >= 0.3 is 0 Å². The maximum atomic E-state index is 11.9. The summed E-state index contributed by atoms with van der Waals surface area (Å²) in [5.74, 6) is -0.377. The van der Waals surface area contributed by atoms with Crippen LogP contribution in [0.3, 0.4) is 0 Å². The molecule has 1 aromatic heterocycles. The zero-order valence-corrected chi connectivity index (χ0v) is 14.9. The lowest BCUT2D eigenvalue weighted by molar-refractivity contribution is -0.121. The van der Waals surface area contributed by atoms with Crippen molar-refractivity contribution >= 4 is 35.6 Å². The number of ether oxygens (including phenoxy) is 1. The molecule has 0 radical (unpaired) electrons. The van der Waals surface area contributed by atoms with Crippen LogP contribution in [0.1, 0.15) is 22.5 Å². The van der Waals surface area contributed by atoms with E-state index in [1.165, 1.54) is 11.3 Å². The van der Waals surface area contributed by atoms with Crippen LogP contribution in [0.25, 0.3) is 0 Å². The Hall–Kier alpha value is -1.15. The highest BCUT2D eigenvalue weighted by Crippen LogP contribution is 2.28. The SMILES string of the molecule is COCC1(CNC(=O)CNC(=O)c2cccs2)CCNCC1.Cl. The first-order chi connectivity index (χ1) is 10.7. The molecule has 1 aliphatic rings. The summed E-state index contributed by atoms with van der Waals surface area (Å²) in [4.78, 5) is 24.3. The first-order valence-corrected chi connectivity index (χ1v) is 8.31. The van der Waals surface area contributed by atoms with E-state index in [1.54, 1.807) is 13.2 Å². The third kappa shape index (κ3) is 6.10. The minimum absolute atomic E-state index is 0. The smallest absolute Gasteiger partial charge is 0.261 e.